The molecule has 0 aromatic carbocycles. The highest BCUT2D eigenvalue weighted by atomic mass is 19.1. The van der Waals surface area contributed by atoms with Gasteiger partial charge in [0.15, 0.2) is 0 Å². The minimum Gasteiger partial charge on any atom is -0.378 e. The summed E-state index contributed by atoms with van der Waals surface area (Å²) < 4.78 is 15.8. The summed E-state index contributed by atoms with van der Waals surface area (Å²) >= 11 is 0. The van der Waals surface area contributed by atoms with E-state index >= 15 is 0 Å². The Balaban J connectivity index is 2.65. The maximum Gasteiger partial charge on any atom is 0.113 e. The maximum absolute atomic E-state index is 11.2. The topological polar surface area (TPSA) is 33.0 Å². The van der Waals surface area contributed by atoms with Crippen LogP contribution in [0.4, 0.5) is 4.39 Å². The van der Waals surface area contributed by atoms with E-state index in [1.807, 2.05) is 6.07 Å². The van der Waals surface area contributed by atoms with Gasteiger partial charge in [-0.15, -0.1) is 0 Å². The van der Waals surface area contributed by atoms with E-state index in [4.69, 9.17) is 5.26 Å². The molecule has 0 fully saturated rings. The van der Waals surface area contributed by atoms with Crippen LogP contribution in [0.1, 0.15) is 6.42 Å². The van der Waals surface area contributed by atoms with Crippen molar-refractivity contribution < 1.29 is 9.13 Å². The Morgan fingerprint density at radius 3 is 2.75 bits per heavy atom. The Kier molecular flexibility index (Phi) is 5.89. The molecule has 0 aromatic rings. The average molecular weight is 117 g/mol. The van der Waals surface area contributed by atoms with Gasteiger partial charge in [0.25, 0.3) is 0 Å². The van der Waals surface area contributed by atoms with Crippen LogP contribution in [-0.4, -0.2) is 19.9 Å². The van der Waals surface area contributed by atoms with Crippen LogP contribution in [0.15, 0.2) is 0 Å². The van der Waals surface area contributed by atoms with Gasteiger partial charge in [0.2, 0.25) is 0 Å². The van der Waals surface area contributed by atoms with Gasteiger partial charge in [0.05, 0.1) is 25.7 Å². The second-order valence-corrected chi connectivity index (χ2v) is 1.21. The van der Waals surface area contributed by atoms with Crippen molar-refractivity contribution in [3.63, 3.8) is 0 Å². The Hall–Kier alpha value is -0.620. The van der Waals surface area contributed by atoms with Crippen molar-refractivity contribution in [2.45, 2.75) is 6.42 Å². The Morgan fingerprint density at radius 1 is 1.50 bits per heavy atom. The van der Waals surface area contributed by atoms with Gasteiger partial charge in [-0.25, -0.2) is 4.39 Å². The molecule has 0 saturated heterocycles. The molecule has 0 rings (SSSR count). The fraction of sp³-hybridized carbons (Fsp3) is 0.800. The first-order chi connectivity index (χ1) is 3.91. The third-order valence-corrected chi connectivity index (χ3v) is 0.580. The lowest BCUT2D eigenvalue weighted by molar-refractivity contribution is 0.124. The monoisotopic (exact) mass is 117 g/mol. The first-order valence-corrected chi connectivity index (χ1v) is 2.42. The molecule has 0 amide bonds. The van der Waals surface area contributed by atoms with Crippen molar-refractivity contribution in [2.24, 2.45) is 0 Å². The first-order valence-electron chi connectivity index (χ1n) is 2.42. The second kappa shape index (κ2) is 6.38. The molecule has 0 aromatic heterocycles. The van der Waals surface area contributed by atoms with Crippen LogP contribution in [0.2, 0.25) is 0 Å². The molecule has 0 aliphatic rings. The normalized spacial score (nSPS) is 8.50. The van der Waals surface area contributed by atoms with Gasteiger partial charge < -0.3 is 4.74 Å². The van der Waals surface area contributed by atoms with Gasteiger partial charge in [-0.05, 0) is 0 Å². The highest BCUT2D eigenvalue weighted by Crippen LogP contribution is 1.79. The molecule has 0 saturated carbocycles. The third-order valence-electron chi connectivity index (χ3n) is 0.580. The van der Waals surface area contributed by atoms with E-state index in [0.717, 1.165) is 0 Å². The summed E-state index contributed by atoms with van der Waals surface area (Å²) in [5.41, 5.74) is 0. The predicted octanol–water partition coefficient (Wildman–Crippen LogP) is 0.886. The summed E-state index contributed by atoms with van der Waals surface area (Å²) in [5.74, 6) is 0. The van der Waals surface area contributed by atoms with Crippen LogP contribution in [0.3, 0.4) is 0 Å². The molecule has 0 bridgehead atoms. The fourth-order valence-electron chi connectivity index (χ4n) is 0.274. The molecule has 8 heavy (non-hydrogen) atoms. The maximum atomic E-state index is 11.2. The first kappa shape index (κ1) is 7.38. The summed E-state index contributed by atoms with van der Waals surface area (Å²) in [4.78, 5) is 0. The SMILES string of the molecule is N#CCCOCCF. The van der Waals surface area contributed by atoms with Gasteiger partial charge in [-0.1, -0.05) is 0 Å². The molecule has 46 valence electrons. The molecular weight excluding hydrogens is 109 g/mol. The molecule has 0 radical (unpaired) electrons. The van der Waals surface area contributed by atoms with E-state index in [2.05, 4.69) is 4.74 Å². The van der Waals surface area contributed by atoms with Crippen LogP contribution in [-0.2, 0) is 4.74 Å². The molecule has 2 nitrogen and oxygen atoms in total. The Bertz CT molecular complexity index is 79.0. The Labute approximate surface area is 47.9 Å². The van der Waals surface area contributed by atoms with Crippen LogP contribution in [0.25, 0.3) is 0 Å². The fourth-order valence-corrected chi connectivity index (χ4v) is 0.274. The molecule has 3 heteroatoms. The van der Waals surface area contributed by atoms with Crippen molar-refractivity contribution in [1.82, 2.24) is 0 Å². The molecule has 0 atom stereocenters. The zero-order valence-electron chi connectivity index (χ0n) is 4.56. The van der Waals surface area contributed by atoms with Crippen molar-refractivity contribution in [1.29, 1.82) is 5.26 Å². The third kappa shape index (κ3) is 5.38. The summed E-state index contributed by atoms with van der Waals surface area (Å²) in [6, 6.07) is 1.88. The van der Waals surface area contributed by atoms with E-state index < -0.39 is 6.67 Å². The Morgan fingerprint density at radius 2 is 2.25 bits per heavy atom. The van der Waals surface area contributed by atoms with E-state index in [-0.39, 0.29) is 6.61 Å². The van der Waals surface area contributed by atoms with Gasteiger partial charge >= 0.3 is 0 Å². The van der Waals surface area contributed by atoms with Crippen LogP contribution in [0, 0.1) is 11.3 Å². The van der Waals surface area contributed by atoms with Crippen molar-refractivity contribution >= 4 is 0 Å². The van der Waals surface area contributed by atoms with E-state index in [1.54, 1.807) is 0 Å². The number of nitriles is 1. The van der Waals surface area contributed by atoms with Crippen LogP contribution < -0.4 is 0 Å². The minimum atomic E-state index is -0.467. The summed E-state index contributed by atoms with van der Waals surface area (Å²) in [5, 5.41) is 7.94. The van der Waals surface area contributed by atoms with Crippen molar-refractivity contribution in [3.05, 3.63) is 0 Å². The number of halogens is 1. The van der Waals surface area contributed by atoms with Gasteiger partial charge in [0.1, 0.15) is 6.67 Å². The molecule has 0 heterocycles. The van der Waals surface area contributed by atoms with E-state index in [0.29, 0.717) is 13.0 Å². The zero-order chi connectivity index (χ0) is 6.24. The molecule has 0 spiro atoms. The molecule has 0 unspecified atom stereocenters. The summed E-state index contributed by atoms with van der Waals surface area (Å²) in [7, 11) is 0. The molecule has 0 aliphatic carbocycles. The second-order valence-electron chi connectivity index (χ2n) is 1.21. The molecule has 0 aliphatic heterocycles. The quantitative estimate of drug-likeness (QED) is 0.512. The number of nitrogens with zero attached hydrogens (tertiary/aromatic N) is 1. The number of ether oxygens (including phenoxy) is 1. The van der Waals surface area contributed by atoms with Crippen LogP contribution >= 0.6 is 0 Å². The van der Waals surface area contributed by atoms with Gasteiger partial charge in [-0.2, -0.15) is 5.26 Å². The highest BCUT2D eigenvalue weighted by molar-refractivity contribution is 4.66. The largest absolute Gasteiger partial charge is 0.378 e. The summed E-state index contributed by atoms with van der Waals surface area (Å²) in [6.45, 7) is -0.00642. The zero-order valence-corrected chi connectivity index (χ0v) is 4.56. The van der Waals surface area contributed by atoms with Gasteiger partial charge in [0, 0.05) is 0 Å². The molecule has 0 N–H and O–H groups in total. The van der Waals surface area contributed by atoms with Crippen LogP contribution in [0.5, 0.6) is 0 Å². The summed E-state index contributed by atoms with van der Waals surface area (Å²) in [6.07, 6.45) is 0.347. The smallest absolute Gasteiger partial charge is 0.113 e. The standard InChI is InChI=1S/C5H8FNO/c6-2-5-8-4-1-3-7/h1-2,4-5H2. The average Bonchev–Trinajstić information content (AvgIpc) is 1.81. The number of rotatable bonds is 4. The predicted molar refractivity (Wildman–Crippen MR) is 27.0 cm³/mol. The van der Waals surface area contributed by atoms with Crippen molar-refractivity contribution in [3.8, 4) is 6.07 Å². The van der Waals surface area contributed by atoms with Gasteiger partial charge in [-0.3, -0.25) is 0 Å². The molecular formula is C5H8FNO. The lowest BCUT2D eigenvalue weighted by Gasteiger charge is -1.92. The number of alkyl halides is 1. The number of hydrogen-bond acceptors (Lipinski definition) is 2. The minimum absolute atomic E-state index is 0.113. The number of hydrogen-bond donors (Lipinski definition) is 0. The van der Waals surface area contributed by atoms with Crippen molar-refractivity contribution in [2.75, 3.05) is 19.9 Å². The van der Waals surface area contributed by atoms with E-state index in [9.17, 15) is 4.39 Å². The van der Waals surface area contributed by atoms with E-state index in [1.165, 1.54) is 0 Å². The lowest BCUT2D eigenvalue weighted by Crippen LogP contribution is -1.96. The lowest BCUT2D eigenvalue weighted by atomic mass is 10.5. The highest BCUT2D eigenvalue weighted by Gasteiger charge is 1.83.